The maximum Gasteiger partial charge on any atom is 0.174 e. The molecule has 9 atom stereocenters. The Labute approximate surface area is 187 Å². The Kier molecular flexibility index (Phi) is 10.1. The number of rotatable bonds is 11. The smallest absolute Gasteiger partial charge is 0.174 e. The van der Waals surface area contributed by atoms with Crippen LogP contribution in [0.25, 0.3) is 0 Å². The average molecular weight is 443 g/mol. The van der Waals surface area contributed by atoms with Crippen molar-refractivity contribution in [2.24, 2.45) is 11.8 Å². The van der Waals surface area contributed by atoms with E-state index in [0.29, 0.717) is 12.8 Å². The SMILES string of the molecule is CC[C@H](OC)[C@@H](C)[C@H]1C[C@@](O)([C@@H](C)/C=C/C=C(\C)[C@H]2O[C@@H](OC)C[C@H](OC)[C@H]2OC)O1. The van der Waals surface area contributed by atoms with Crippen LogP contribution >= 0.6 is 0 Å². The minimum absolute atomic E-state index is 0.0121. The minimum Gasteiger partial charge on any atom is -0.381 e. The molecule has 2 rings (SSSR count). The Bertz CT molecular complexity index is 595. The topological polar surface area (TPSA) is 75.6 Å². The molecule has 0 aromatic carbocycles. The van der Waals surface area contributed by atoms with Crippen LogP contribution in [0.1, 0.15) is 47.0 Å². The summed E-state index contributed by atoms with van der Waals surface area (Å²) in [6, 6.07) is 0. The van der Waals surface area contributed by atoms with Crippen molar-refractivity contribution in [1.29, 1.82) is 0 Å². The summed E-state index contributed by atoms with van der Waals surface area (Å²) >= 11 is 0. The first-order valence-electron chi connectivity index (χ1n) is 11.3. The maximum absolute atomic E-state index is 10.8. The van der Waals surface area contributed by atoms with Gasteiger partial charge in [0.2, 0.25) is 0 Å². The summed E-state index contributed by atoms with van der Waals surface area (Å²) in [5, 5.41) is 10.8. The van der Waals surface area contributed by atoms with Gasteiger partial charge >= 0.3 is 0 Å². The largest absolute Gasteiger partial charge is 0.381 e. The highest BCUT2D eigenvalue weighted by atomic mass is 16.7. The van der Waals surface area contributed by atoms with Gasteiger partial charge in [-0.05, 0) is 18.9 Å². The third kappa shape index (κ3) is 6.16. The van der Waals surface area contributed by atoms with Gasteiger partial charge in [-0.3, -0.25) is 0 Å². The van der Waals surface area contributed by atoms with Crippen LogP contribution in [0, 0.1) is 11.8 Å². The van der Waals surface area contributed by atoms with Gasteiger partial charge in [0.05, 0.1) is 18.3 Å². The highest BCUT2D eigenvalue weighted by molar-refractivity contribution is 5.19. The van der Waals surface area contributed by atoms with Gasteiger partial charge in [-0.2, -0.15) is 0 Å². The number of hydrogen-bond donors (Lipinski definition) is 1. The number of hydrogen-bond acceptors (Lipinski definition) is 7. The molecule has 2 saturated heterocycles. The molecule has 0 spiro atoms. The second-order valence-electron chi connectivity index (χ2n) is 8.76. The van der Waals surface area contributed by atoms with E-state index in [2.05, 4.69) is 13.8 Å². The molecule has 0 aromatic heterocycles. The fourth-order valence-corrected chi connectivity index (χ4v) is 4.58. The molecule has 0 radical (unpaired) electrons. The summed E-state index contributed by atoms with van der Waals surface area (Å²) in [5.74, 6) is -1.04. The van der Waals surface area contributed by atoms with E-state index < -0.39 is 5.79 Å². The molecule has 2 aliphatic heterocycles. The predicted octanol–water partition coefficient (Wildman–Crippen LogP) is 3.46. The van der Waals surface area contributed by atoms with Crippen molar-refractivity contribution < 1.29 is 33.5 Å². The van der Waals surface area contributed by atoms with Crippen LogP contribution in [0.3, 0.4) is 0 Å². The molecule has 7 nitrogen and oxygen atoms in total. The molecular weight excluding hydrogens is 400 g/mol. The van der Waals surface area contributed by atoms with Crippen LogP contribution in [0.2, 0.25) is 0 Å². The Balaban J connectivity index is 1.98. The van der Waals surface area contributed by atoms with E-state index >= 15 is 0 Å². The van der Waals surface area contributed by atoms with Crippen molar-refractivity contribution >= 4 is 0 Å². The average Bonchev–Trinajstić information content (AvgIpc) is 2.76. The van der Waals surface area contributed by atoms with Gasteiger partial charge in [0.25, 0.3) is 0 Å². The van der Waals surface area contributed by atoms with Gasteiger partial charge in [-0.25, -0.2) is 0 Å². The van der Waals surface area contributed by atoms with Crippen molar-refractivity contribution in [2.75, 3.05) is 28.4 Å². The quantitative estimate of drug-likeness (QED) is 0.491. The first-order valence-corrected chi connectivity index (χ1v) is 11.3. The van der Waals surface area contributed by atoms with Crippen molar-refractivity contribution in [2.45, 2.75) is 89.6 Å². The van der Waals surface area contributed by atoms with Crippen LogP contribution in [0.15, 0.2) is 23.8 Å². The predicted molar refractivity (Wildman–Crippen MR) is 119 cm³/mol. The lowest BCUT2D eigenvalue weighted by atomic mass is 9.81. The van der Waals surface area contributed by atoms with Crippen molar-refractivity contribution in [3.8, 4) is 0 Å². The fraction of sp³-hybridized carbons (Fsp3) is 0.833. The highest BCUT2D eigenvalue weighted by Gasteiger charge is 2.50. The molecule has 0 aliphatic carbocycles. The summed E-state index contributed by atoms with van der Waals surface area (Å²) in [5.41, 5.74) is 0.998. The number of ether oxygens (including phenoxy) is 6. The Hall–Kier alpha value is -0.800. The molecule has 0 amide bonds. The van der Waals surface area contributed by atoms with Crippen LogP contribution in [-0.2, 0) is 28.4 Å². The second kappa shape index (κ2) is 11.9. The third-order valence-electron chi connectivity index (χ3n) is 6.87. The molecule has 180 valence electrons. The van der Waals surface area contributed by atoms with Gasteiger partial charge in [-0.15, -0.1) is 0 Å². The lowest BCUT2D eigenvalue weighted by Gasteiger charge is -2.50. The van der Waals surface area contributed by atoms with Crippen molar-refractivity contribution in [3.05, 3.63) is 23.8 Å². The van der Waals surface area contributed by atoms with E-state index in [1.807, 2.05) is 32.1 Å². The Morgan fingerprint density at radius 1 is 1.16 bits per heavy atom. The molecule has 2 heterocycles. The molecule has 31 heavy (non-hydrogen) atoms. The van der Waals surface area contributed by atoms with E-state index in [0.717, 1.165) is 12.0 Å². The first-order chi connectivity index (χ1) is 14.7. The zero-order valence-corrected chi connectivity index (χ0v) is 20.4. The number of methoxy groups -OCH3 is 4. The van der Waals surface area contributed by atoms with Crippen LogP contribution in [0.5, 0.6) is 0 Å². The van der Waals surface area contributed by atoms with Gasteiger partial charge in [0, 0.05) is 53.1 Å². The summed E-state index contributed by atoms with van der Waals surface area (Å²) < 4.78 is 34.2. The van der Waals surface area contributed by atoms with E-state index in [4.69, 9.17) is 28.4 Å². The summed E-state index contributed by atoms with van der Waals surface area (Å²) in [6.45, 7) is 8.18. The van der Waals surface area contributed by atoms with Gasteiger partial charge < -0.3 is 33.5 Å². The third-order valence-corrected chi connectivity index (χ3v) is 6.87. The Morgan fingerprint density at radius 2 is 1.84 bits per heavy atom. The Morgan fingerprint density at radius 3 is 2.35 bits per heavy atom. The second-order valence-corrected chi connectivity index (χ2v) is 8.76. The normalized spacial score (nSPS) is 37.5. The van der Waals surface area contributed by atoms with E-state index in [9.17, 15) is 5.11 Å². The van der Waals surface area contributed by atoms with E-state index in [-0.39, 0.29) is 48.6 Å². The van der Waals surface area contributed by atoms with E-state index in [1.54, 1.807) is 28.4 Å². The van der Waals surface area contributed by atoms with Gasteiger partial charge in [-0.1, -0.05) is 39.0 Å². The molecule has 7 heteroatoms. The van der Waals surface area contributed by atoms with E-state index in [1.165, 1.54) is 0 Å². The maximum atomic E-state index is 10.8. The fourth-order valence-electron chi connectivity index (χ4n) is 4.58. The summed E-state index contributed by atoms with van der Waals surface area (Å²) in [6.07, 6.45) is 7.25. The zero-order valence-electron chi connectivity index (χ0n) is 20.4. The molecule has 0 unspecified atom stereocenters. The van der Waals surface area contributed by atoms with Gasteiger partial charge in [0.15, 0.2) is 12.1 Å². The highest BCUT2D eigenvalue weighted by Crippen LogP contribution is 2.42. The molecular formula is C24H42O7. The van der Waals surface area contributed by atoms with Crippen LogP contribution in [-0.4, -0.2) is 76.1 Å². The van der Waals surface area contributed by atoms with Crippen LogP contribution < -0.4 is 0 Å². The molecule has 0 aromatic rings. The van der Waals surface area contributed by atoms with Crippen molar-refractivity contribution in [3.63, 3.8) is 0 Å². The van der Waals surface area contributed by atoms with Gasteiger partial charge in [0.1, 0.15) is 12.2 Å². The molecule has 0 bridgehead atoms. The standard InChI is InChI=1S/C24H42O7/c1-9-18(26-5)17(4)20-14-24(25,31-20)16(3)12-10-11-15(2)22-23(29-8)19(27-6)13-21(28-7)30-22/h10-12,16-23,25H,9,13-14H2,1-8H3/b12-10+,15-11+/t16-,17+,18-,19-,20+,21+,22+,23+,24-/m0/s1. The van der Waals surface area contributed by atoms with Crippen molar-refractivity contribution in [1.82, 2.24) is 0 Å². The monoisotopic (exact) mass is 442 g/mol. The number of allylic oxidation sites excluding steroid dienone is 2. The first kappa shape index (κ1) is 26.5. The van der Waals surface area contributed by atoms with Crippen LogP contribution in [0.4, 0.5) is 0 Å². The lowest BCUT2D eigenvalue weighted by molar-refractivity contribution is -0.351. The summed E-state index contributed by atoms with van der Waals surface area (Å²) in [7, 11) is 6.70. The minimum atomic E-state index is -1.14. The molecule has 1 N–H and O–H groups in total. The zero-order chi connectivity index (χ0) is 23.2. The summed E-state index contributed by atoms with van der Waals surface area (Å²) in [4.78, 5) is 0. The molecule has 2 aliphatic rings. The number of aliphatic hydroxyl groups is 1. The molecule has 2 fully saturated rings. The lowest BCUT2D eigenvalue weighted by Crippen LogP contribution is -2.58. The molecule has 0 saturated carbocycles.